The maximum Gasteiger partial charge on any atom is 0.0600 e. The summed E-state index contributed by atoms with van der Waals surface area (Å²) in [7, 11) is 2.07. The fraction of sp³-hybridized carbons (Fsp3) is 0.312. The number of pyridine rings is 1. The van der Waals surface area contributed by atoms with E-state index >= 15 is 0 Å². The van der Waals surface area contributed by atoms with Crippen molar-refractivity contribution in [3.05, 3.63) is 59.4 Å². The maximum absolute atomic E-state index is 5.86. The molecule has 0 aliphatic carbocycles. The summed E-state index contributed by atoms with van der Waals surface area (Å²) >= 11 is 0. The van der Waals surface area contributed by atoms with E-state index in [1.165, 1.54) is 5.69 Å². The zero-order valence-electron chi connectivity index (χ0n) is 11.8. The second-order valence-electron chi connectivity index (χ2n) is 5.01. The quantitative estimate of drug-likeness (QED) is 0.913. The number of anilines is 1. The van der Waals surface area contributed by atoms with Crippen molar-refractivity contribution in [1.82, 2.24) is 4.98 Å². The van der Waals surface area contributed by atoms with Gasteiger partial charge in [-0.3, -0.25) is 4.98 Å². The van der Waals surface area contributed by atoms with E-state index in [0.717, 1.165) is 23.5 Å². The number of benzene rings is 1. The van der Waals surface area contributed by atoms with Crippen LogP contribution in [0.15, 0.2) is 42.5 Å². The fourth-order valence-corrected chi connectivity index (χ4v) is 2.05. The summed E-state index contributed by atoms with van der Waals surface area (Å²) in [4.78, 5) is 6.71. The van der Waals surface area contributed by atoms with E-state index in [1.54, 1.807) is 0 Å². The van der Waals surface area contributed by atoms with Crippen LogP contribution in [-0.2, 0) is 6.54 Å². The Bertz CT molecular complexity index is 532. The predicted molar refractivity (Wildman–Crippen MR) is 80.1 cm³/mol. The fourth-order valence-electron chi connectivity index (χ4n) is 2.05. The minimum Gasteiger partial charge on any atom is -0.369 e. The molecular weight excluding hydrogens is 234 g/mol. The molecule has 1 aromatic heterocycles. The molecule has 100 valence electrons. The lowest BCUT2D eigenvalue weighted by Gasteiger charge is -2.19. The van der Waals surface area contributed by atoms with Gasteiger partial charge in [0.05, 0.1) is 12.2 Å². The van der Waals surface area contributed by atoms with Crippen LogP contribution in [0, 0.1) is 6.92 Å². The van der Waals surface area contributed by atoms with Crippen LogP contribution >= 0.6 is 0 Å². The maximum atomic E-state index is 5.86. The molecule has 0 bridgehead atoms. The van der Waals surface area contributed by atoms with E-state index in [0.29, 0.717) is 0 Å². The van der Waals surface area contributed by atoms with Crippen LogP contribution in [-0.4, -0.2) is 12.0 Å². The smallest absolute Gasteiger partial charge is 0.0600 e. The van der Waals surface area contributed by atoms with Crippen molar-refractivity contribution in [3.8, 4) is 0 Å². The third-order valence-electron chi connectivity index (χ3n) is 3.20. The van der Waals surface area contributed by atoms with Crippen LogP contribution in [0.1, 0.15) is 29.9 Å². The average Bonchev–Trinajstić information content (AvgIpc) is 2.39. The van der Waals surface area contributed by atoms with Crippen molar-refractivity contribution >= 4 is 5.69 Å². The highest BCUT2D eigenvalue weighted by atomic mass is 15.1. The van der Waals surface area contributed by atoms with Crippen LogP contribution in [0.5, 0.6) is 0 Å². The summed E-state index contributed by atoms with van der Waals surface area (Å²) in [5.41, 5.74) is 10.3. The molecule has 2 rings (SSSR count). The third kappa shape index (κ3) is 3.55. The lowest BCUT2D eigenvalue weighted by molar-refractivity contribution is 0.816. The minimum absolute atomic E-state index is 0.0813. The third-order valence-corrected chi connectivity index (χ3v) is 3.20. The molecule has 19 heavy (non-hydrogen) atoms. The Labute approximate surface area is 115 Å². The highest BCUT2D eigenvalue weighted by Crippen LogP contribution is 2.18. The first-order chi connectivity index (χ1) is 9.06. The molecule has 1 atom stereocenters. The first-order valence-corrected chi connectivity index (χ1v) is 6.55. The van der Waals surface area contributed by atoms with Crippen molar-refractivity contribution in [1.29, 1.82) is 0 Å². The number of nitrogens with two attached hydrogens (primary N) is 1. The van der Waals surface area contributed by atoms with E-state index in [1.807, 2.05) is 26.0 Å². The lowest BCUT2D eigenvalue weighted by Crippen LogP contribution is -2.17. The number of aryl methyl sites for hydroxylation is 1. The highest BCUT2D eigenvalue weighted by Gasteiger charge is 2.05. The molecule has 0 spiro atoms. The molecule has 0 amide bonds. The number of nitrogens with zero attached hydrogens (tertiary/aromatic N) is 2. The van der Waals surface area contributed by atoms with Gasteiger partial charge in [-0.2, -0.15) is 0 Å². The number of rotatable bonds is 4. The monoisotopic (exact) mass is 255 g/mol. The van der Waals surface area contributed by atoms with Crippen molar-refractivity contribution in [2.24, 2.45) is 5.73 Å². The van der Waals surface area contributed by atoms with Gasteiger partial charge < -0.3 is 10.6 Å². The molecule has 0 fully saturated rings. The van der Waals surface area contributed by atoms with E-state index in [2.05, 4.69) is 47.3 Å². The minimum atomic E-state index is 0.0813. The van der Waals surface area contributed by atoms with Crippen LogP contribution in [0.4, 0.5) is 5.69 Å². The van der Waals surface area contributed by atoms with Crippen molar-refractivity contribution in [3.63, 3.8) is 0 Å². The van der Waals surface area contributed by atoms with Gasteiger partial charge in [-0.05, 0) is 43.7 Å². The Morgan fingerprint density at radius 1 is 1.16 bits per heavy atom. The molecule has 0 radical (unpaired) electrons. The van der Waals surface area contributed by atoms with Crippen LogP contribution in [0.3, 0.4) is 0 Å². The van der Waals surface area contributed by atoms with Gasteiger partial charge >= 0.3 is 0 Å². The lowest BCUT2D eigenvalue weighted by atomic mass is 10.1. The summed E-state index contributed by atoms with van der Waals surface area (Å²) in [5, 5.41) is 0. The first kappa shape index (κ1) is 13.6. The topological polar surface area (TPSA) is 42.1 Å². The average molecular weight is 255 g/mol. The van der Waals surface area contributed by atoms with Gasteiger partial charge in [0.2, 0.25) is 0 Å². The van der Waals surface area contributed by atoms with Gasteiger partial charge in [0, 0.05) is 24.5 Å². The van der Waals surface area contributed by atoms with Gasteiger partial charge in [-0.15, -0.1) is 0 Å². The van der Waals surface area contributed by atoms with Crippen LogP contribution in [0.2, 0.25) is 0 Å². The number of aromatic nitrogens is 1. The molecule has 1 unspecified atom stereocenters. The zero-order chi connectivity index (χ0) is 13.8. The Kier molecular flexibility index (Phi) is 4.17. The second kappa shape index (κ2) is 5.85. The van der Waals surface area contributed by atoms with E-state index in [-0.39, 0.29) is 6.04 Å². The molecule has 2 N–H and O–H groups in total. The molecule has 0 saturated heterocycles. The second-order valence-corrected chi connectivity index (χ2v) is 5.01. The van der Waals surface area contributed by atoms with Crippen molar-refractivity contribution < 1.29 is 0 Å². The standard InChI is InChI=1S/C16H21N3/c1-12-5-4-6-15(18-12)11-19(3)16-9-7-14(8-10-16)13(2)17/h4-10,13H,11,17H2,1-3H3. The molecule has 0 aliphatic heterocycles. The highest BCUT2D eigenvalue weighted by molar-refractivity contribution is 5.47. The van der Waals surface area contributed by atoms with E-state index in [9.17, 15) is 0 Å². The first-order valence-electron chi connectivity index (χ1n) is 6.55. The Hall–Kier alpha value is -1.87. The number of hydrogen-bond acceptors (Lipinski definition) is 3. The van der Waals surface area contributed by atoms with Crippen molar-refractivity contribution in [2.75, 3.05) is 11.9 Å². The predicted octanol–water partition coefficient (Wildman–Crippen LogP) is 3.05. The van der Waals surface area contributed by atoms with Gasteiger partial charge in [-0.1, -0.05) is 18.2 Å². The summed E-state index contributed by atoms with van der Waals surface area (Å²) in [6, 6.07) is 14.6. The summed E-state index contributed by atoms with van der Waals surface area (Å²) in [5.74, 6) is 0. The van der Waals surface area contributed by atoms with Gasteiger partial charge in [0.15, 0.2) is 0 Å². The SMILES string of the molecule is Cc1cccc(CN(C)c2ccc(C(C)N)cc2)n1. The Morgan fingerprint density at radius 2 is 1.84 bits per heavy atom. The molecule has 3 heteroatoms. The molecule has 2 aromatic rings. The van der Waals surface area contributed by atoms with Gasteiger partial charge in [0.25, 0.3) is 0 Å². The number of hydrogen-bond donors (Lipinski definition) is 1. The largest absolute Gasteiger partial charge is 0.369 e. The molecule has 1 heterocycles. The van der Waals surface area contributed by atoms with Gasteiger partial charge in [-0.25, -0.2) is 0 Å². The molecule has 3 nitrogen and oxygen atoms in total. The van der Waals surface area contributed by atoms with Crippen molar-refractivity contribution in [2.45, 2.75) is 26.4 Å². The van der Waals surface area contributed by atoms with Crippen LogP contribution < -0.4 is 10.6 Å². The Balaban J connectivity index is 2.09. The summed E-state index contributed by atoms with van der Waals surface area (Å²) in [6.45, 7) is 4.82. The molecule has 0 aliphatic rings. The van der Waals surface area contributed by atoms with Crippen LogP contribution in [0.25, 0.3) is 0 Å². The molecular formula is C16H21N3. The Morgan fingerprint density at radius 3 is 2.42 bits per heavy atom. The van der Waals surface area contributed by atoms with Gasteiger partial charge in [0.1, 0.15) is 0 Å². The van der Waals surface area contributed by atoms with E-state index < -0.39 is 0 Å². The van der Waals surface area contributed by atoms with E-state index in [4.69, 9.17) is 5.73 Å². The molecule has 0 saturated carbocycles. The molecule has 1 aromatic carbocycles. The zero-order valence-corrected chi connectivity index (χ0v) is 11.8. The summed E-state index contributed by atoms with van der Waals surface area (Å²) in [6.07, 6.45) is 0. The summed E-state index contributed by atoms with van der Waals surface area (Å²) < 4.78 is 0. The normalized spacial score (nSPS) is 12.2.